The van der Waals surface area contributed by atoms with Gasteiger partial charge in [-0.3, -0.25) is 0 Å². The average Bonchev–Trinajstić information content (AvgIpc) is 2.40. The minimum atomic E-state index is 0.134. The summed E-state index contributed by atoms with van der Waals surface area (Å²) in [4.78, 5) is 2.45. The van der Waals surface area contributed by atoms with E-state index in [-0.39, 0.29) is 6.61 Å². The van der Waals surface area contributed by atoms with Gasteiger partial charge in [0, 0.05) is 18.8 Å². The van der Waals surface area contributed by atoms with Crippen LogP contribution in [-0.4, -0.2) is 18.2 Å². The maximum absolute atomic E-state index is 9.36. The number of aryl methyl sites for hydroxylation is 1. The SMILES string of the molecule is CCCCN(CCCC)c1ccc(C)c(CO)c1. The van der Waals surface area contributed by atoms with E-state index >= 15 is 0 Å². The van der Waals surface area contributed by atoms with Crippen LogP contribution in [0, 0.1) is 6.92 Å². The van der Waals surface area contributed by atoms with Crippen LogP contribution in [0.5, 0.6) is 0 Å². The topological polar surface area (TPSA) is 23.5 Å². The zero-order valence-electron chi connectivity index (χ0n) is 12.1. The highest BCUT2D eigenvalue weighted by atomic mass is 16.3. The number of hydrogen-bond acceptors (Lipinski definition) is 2. The van der Waals surface area contributed by atoms with Gasteiger partial charge in [0.2, 0.25) is 0 Å². The molecule has 1 aromatic rings. The molecule has 2 heteroatoms. The summed E-state index contributed by atoms with van der Waals surface area (Å²) in [5, 5.41) is 9.36. The van der Waals surface area contributed by atoms with E-state index in [0.717, 1.165) is 18.7 Å². The molecule has 0 atom stereocenters. The molecule has 0 amide bonds. The number of nitrogens with zero attached hydrogens (tertiary/aromatic N) is 1. The monoisotopic (exact) mass is 249 g/mol. The molecule has 0 radical (unpaired) electrons. The smallest absolute Gasteiger partial charge is 0.0685 e. The summed E-state index contributed by atoms with van der Waals surface area (Å²) >= 11 is 0. The Morgan fingerprint density at radius 1 is 1.06 bits per heavy atom. The van der Waals surface area contributed by atoms with Crippen molar-refractivity contribution in [2.75, 3.05) is 18.0 Å². The maximum atomic E-state index is 9.36. The van der Waals surface area contributed by atoms with Crippen LogP contribution in [0.25, 0.3) is 0 Å². The lowest BCUT2D eigenvalue weighted by atomic mass is 10.1. The molecular formula is C16H27NO. The van der Waals surface area contributed by atoms with Crippen LogP contribution < -0.4 is 4.90 Å². The molecule has 0 aliphatic rings. The first-order valence-corrected chi connectivity index (χ1v) is 7.18. The van der Waals surface area contributed by atoms with Crippen molar-refractivity contribution >= 4 is 5.69 Å². The third-order valence-electron chi connectivity index (χ3n) is 3.43. The predicted octanol–water partition coefficient (Wildman–Crippen LogP) is 3.89. The molecule has 0 aliphatic carbocycles. The first kappa shape index (κ1) is 15.0. The van der Waals surface area contributed by atoms with E-state index < -0.39 is 0 Å². The number of unbranched alkanes of at least 4 members (excludes halogenated alkanes) is 2. The Balaban J connectivity index is 2.82. The molecule has 1 rings (SSSR count). The first-order chi connectivity index (χ1) is 8.72. The van der Waals surface area contributed by atoms with Crippen LogP contribution in [0.2, 0.25) is 0 Å². The van der Waals surface area contributed by atoms with Crippen molar-refractivity contribution in [1.29, 1.82) is 0 Å². The Morgan fingerprint density at radius 2 is 1.67 bits per heavy atom. The van der Waals surface area contributed by atoms with Crippen LogP contribution in [0.15, 0.2) is 18.2 Å². The zero-order chi connectivity index (χ0) is 13.4. The normalized spacial score (nSPS) is 10.7. The molecule has 1 aromatic carbocycles. The molecule has 0 heterocycles. The van der Waals surface area contributed by atoms with Crippen molar-refractivity contribution in [2.45, 2.75) is 53.1 Å². The fourth-order valence-corrected chi connectivity index (χ4v) is 2.09. The highest BCUT2D eigenvalue weighted by Gasteiger charge is 2.07. The molecule has 0 saturated heterocycles. The molecule has 0 aromatic heterocycles. The molecule has 0 fully saturated rings. The van der Waals surface area contributed by atoms with Gasteiger partial charge >= 0.3 is 0 Å². The third-order valence-corrected chi connectivity index (χ3v) is 3.43. The Labute approximate surface area is 112 Å². The van der Waals surface area contributed by atoms with Gasteiger partial charge in [-0.25, -0.2) is 0 Å². The lowest BCUT2D eigenvalue weighted by Crippen LogP contribution is -2.25. The van der Waals surface area contributed by atoms with Gasteiger partial charge in [0.15, 0.2) is 0 Å². The summed E-state index contributed by atoms with van der Waals surface area (Å²) in [5.41, 5.74) is 3.48. The number of benzene rings is 1. The van der Waals surface area contributed by atoms with Crippen LogP contribution in [0.1, 0.15) is 50.7 Å². The van der Waals surface area contributed by atoms with Crippen molar-refractivity contribution in [3.8, 4) is 0 Å². The second-order valence-electron chi connectivity index (χ2n) is 4.96. The summed E-state index contributed by atoms with van der Waals surface area (Å²) in [6.45, 7) is 8.88. The summed E-state index contributed by atoms with van der Waals surface area (Å²) in [7, 11) is 0. The molecule has 0 bridgehead atoms. The van der Waals surface area contributed by atoms with Gasteiger partial charge in [-0.1, -0.05) is 32.8 Å². The Hall–Kier alpha value is -1.02. The van der Waals surface area contributed by atoms with Crippen molar-refractivity contribution in [3.63, 3.8) is 0 Å². The summed E-state index contributed by atoms with van der Waals surface area (Å²) in [6.07, 6.45) is 4.90. The third kappa shape index (κ3) is 4.34. The zero-order valence-corrected chi connectivity index (χ0v) is 12.1. The van der Waals surface area contributed by atoms with Crippen LogP contribution >= 0.6 is 0 Å². The molecule has 1 N–H and O–H groups in total. The van der Waals surface area contributed by atoms with E-state index in [4.69, 9.17) is 0 Å². The first-order valence-electron chi connectivity index (χ1n) is 7.18. The van der Waals surface area contributed by atoms with Crippen LogP contribution in [0.4, 0.5) is 5.69 Å². The number of hydrogen-bond donors (Lipinski definition) is 1. The van der Waals surface area contributed by atoms with Gasteiger partial charge < -0.3 is 10.0 Å². The summed E-state index contributed by atoms with van der Waals surface area (Å²) in [5.74, 6) is 0. The van der Waals surface area contributed by atoms with E-state index in [2.05, 4.69) is 43.9 Å². The minimum Gasteiger partial charge on any atom is -0.392 e. The van der Waals surface area contributed by atoms with Crippen molar-refractivity contribution < 1.29 is 5.11 Å². The van der Waals surface area contributed by atoms with E-state index in [0.29, 0.717) is 0 Å². The molecular weight excluding hydrogens is 222 g/mol. The quantitative estimate of drug-likeness (QED) is 0.755. The fourth-order valence-electron chi connectivity index (χ4n) is 2.09. The van der Waals surface area contributed by atoms with Gasteiger partial charge in [0.25, 0.3) is 0 Å². The van der Waals surface area contributed by atoms with E-state index in [9.17, 15) is 5.11 Å². The van der Waals surface area contributed by atoms with E-state index in [1.807, 2.05) is 0 Å². The van der Waals surface area contributed by atoms with Crippen molar-refractivity contribution in [3.05, 3.63) is 29.3 Å². The van der Waals surface area contributed by atoms with Gasteiger partial charge in [-0.15, -0.1) is 0 Å². The minimum absolute atomic E-state index is 0.134. The number of aliphatic hydroxyl groups is 1. The number of anilines is 1. The van der Waals surface area contributed by atoms with Crippen LogP contribution in [-0.2, 0) is 6.61 Å². The molecule has 102 valence electrons. The van der Waals surface area contributed by atoms with Gasteiger partial charge in [-0.2, -0.15) is 0 Å². The maximum Gasteiger partial charge on any atom is 0.0685 e. The lowest BCUT2D eigenvalue weighted by molar-refractivity contribution is 0.281. The van der Waals surface area contributed by atoms with E-state index in [1.54, 1.807) is 0 Å². The lowest BCUT2D eigenvalue weighted by Gasteiger charge is -2.25. The highest BCUT2D eigenvalue weighted by molar-refractivity contribution is 5.50. The van der Waals surface area contributed by atoms with Crippen LogP contribution in [0.3, 0.4) is 0 Å². The number of rotatable bonds is 8. The second kappa shape index (κ2) is 8.15. The van der Waals surface area contributed by atoms with Gasteiger partial charge in [0.1, 0.15) is 0 Å². The molecule has 0 saturated carbocycles. The molecule has 0 spiro atoms. The largest absolute Gasteiger partial charge is 0.392 e. The molecule has 0 unspecified atom stereocenters. The molecule has 0 aliphatic heterocycles. The second-order valence-corrected chi connectivity index (χ2v) is 4.96. The molecule has 2 nitrogen and oxygen atoms in total. The van der Waals surface area contributed by atoms with Gasteiger partial charge in [0.05, 0.1) is 6.61 Å². The summed E-state index contributed by atoms with van der Waals surface area (Å²) < 4.78 is 0. The highest BCUT2D eigenvalue weighted by Crippen LogP contribution is 2.20. The van der Waals surface area contributed by atoms with Gasteiger partial charge in [-0.05, 0) is 43.0 Å². The number of aliphatic hydroxyl groups excluding tert-OH is 1. The summed E-state index contributed by atoms with van der Waals surface area (Å²) in [6, 6.07) is 6.44. The predicted molar refractivity (Wildman–Crippen MR) is 79.1 cm³/mol. The Bertz CT molecular complexity index is 341. The molecule has 18 heavy (non-hydrogen) atoms. The van der Waals surface area contributed by atoms with E-state index in [1.165, 1.54) is 36.9 Å². The van der Waals surface area contributed by atoms with Crippen molar-refractivity contribution in [2.24, 2.45) is 0 Å². The Kier molecular flexibility index (Phi) is 6.81. The average molecular weight is 249 g/mol. The standard InChI is InChI=1S/C16H27NO/c1-4-6-10-17(11-7-5-2)16-9-8-14(3)15(12-16)13-18/h8-9,12,18H,4-7,10-11,13H2,1-3H3. The fraction of sp³-hybridized carbons (Fsp3) is 0.625. The Morgan fingerprint density at radius 3 is 2.17 bits per heavy atom. The van der Waals surface area contributed by atoms with Crippen molar-refractivity contribution in [1.82, 2.24) is 0 Å².